The van der Waals surface area contributed by atoms with Gasteiger partial charge in [0, 0.05) is 22.6 Å². The van der Waals surface area contributed by atoms with E-state index >= 15 is 0 Å². The molecule has 6 nitrogen and oxygen atoms in total. The monoisotopic (exact) mass is 606 g/mol. The van der Waals surface area contributed by atoms with Gasteiger partial charge in [-0.15, -0.1) is 0 Å². The van der Waals surface area contributed by atoms with Gasteiger partial charge in [-0.3, -0.25) is 0 Å². The number of nitrogens with zero attached hydrogens (tertiary/aromatic N) is 1. The molecule has 1 heterocycles. The molecule has 0 bridgehead atoms. The number of ether oxygens (including phenoxy) is 2. The molecule has 6 heteroatoms. The quantitative estimate of drug-likeness (QED) is 0.110. The number of amides is 1. The van der Waals surface area contributed by atoms with E-state index < -0.39 is 17.7 Å². The molecule has 0 saturated carbocycles. The maximum atomic E-state index is 13.3. The molecule has 0 aromatic heterocycles. The third-order valence-corrected chi connectivity index (χ3v) is 8.61. The topological polar surface area (TPSA) is 69.2 Å². The van der Waals surface area contributed by atoms with Crippen LogP contribution < -0.4 is 5.32 Å². The summed E-state index contributed by atoms with van der Waals surface area (Å²) in [5.41, 5.74) is 6.32. The van der Waals surface area contributed by atoms with Crippen molar-refractivity contribution in [1.29, 1.82) is 0 Å². The molecule has 2 aliphatic rings. The smallest absolute Gasteiger partial charge is 0.407 e. The van der Waals surface area contributed by atoms with Crippen LogP contribution in [0.3, 0.4) is 0 Å². The van der Waals surface area contributed by atoms with Crippen LogP contribution in [-0.2, 0) is 19.9 Å². The summed E-state index contributed by atoms with van der Waals surface area (Å²) in [5.74, 6) is 0.230. The maximum absolute atomic E-state index is 13.3. The number of hydrogen-bond donors (Lipinski definition) is 1. The second-order valence-electron chi connectivity index (χ2n) is 11.3. The molecule has 1 atom stereocenters. The zero-order valence-electron chi connectivity index (χ0n) is 25.3. The minimum Gasteiger partial charge on any atom is -0.473 e. The molecule has 0 fully saturated rings. The van der Waals surface area contributed by atoms with Crippen molar-refractivity contribution >= 4 is 12.0 Å². The van der Waals surface area contributed by atoms with Crippen molar-refractivity contribution in [2.75, 3.05) is 13.2 Å². The van der Waals surface area contributed by atoms with Crippen LogP contribution in [-0.4, -0.2) is 31.2 Å². The average Bonchev–Trinajstić information content (AvgIpc) is 3.27. The Bertz CT molecular complexity index is 1710. The highest BCUT2D eigenvalue weighted by Gasteiger charge is 2.40. The van der Waals surface area contributed by atoms with Gasteiger partial charge in [0.25, 0.3) is 0 Å². The van der Waals surface area contributed by atoms with Crippen molar-refractivity contribution in [2.45, 2.75) is 24.0 Å². The van der Waals surface area contributed by atoms with Crippen molar-refractivity contribution < 1.29 is 19.1 Å². The molecule has 7 rings (SSSR count). The number of fused-ring (bicyclic) bond motifs is 3. The predicted molar refractivity (Wildman–Crippen MR) is 179 cm³/mol. The lowest BCUT2D eigenvalue weighted by Gasteiger charge is -2.33. The van der Waals surface area contributed by atoms with E-state index in [1.165, 1.54) is 11.1 Å². The summed E-state index contributed by atoms with van der Waals surface area (Å²) in [6, 6.07) is 46.0. The van der Waals surface area contributed by atoms with E-state index in [9.17, 15) is 4.79 Å². The number of oxime groups is 1. The van der Waals surface area contributed by atoms with Crippen molar-refractivity contribution in [3.8, 4) is 11.1 Å². The van der Waals surface area contributed by atoms with Crippen LogP contribution >= 0.6 is 0 Å². The summed E-state index contributed by atoms with van der Waals surface area (Å²) >= 11 is 0. The Morgan fingerprint density at radius 2 is 1.20 bits per heavy atom. The first-order chi connectivity index (χ1) is 22.7. The molecule has 1 aliphatic carbocycles. The van der Waals surface area contributed by atoms with E-state index in [0.717, 1.165) is 27.8 Å². The number of carbonyl (C=O) groups is 1. The standard InChI is InChI=1S/C40H34N2O4/c43-39(45-28-36-34-24-12-10-22-32(34)33-23-11-13-25-35(33)36)41-37-26-14-15-27-44-38(37)42-46-40(29-16-4-1-5-17-29,30-18-6-2-7-19-30)31-20-8-3-9-21-31/h1-25,36-37H,26-28H2,(H,41,43)/b42-38-. The zero-order chi connectivity index (χ0) is 31.2. The fraction of sp³-hybridized carbons (Fsp3) is 0.150. The van der Waals surface area contributed by atoms with Crippen LogP contribution in [0.5, 0.6) is 0 Å². The van der Waals surface area contributed by atoms with E-state index in [0.29, 0.717) is 13.0 Å². The molecule has 1 amide bonds. The molecule has 1 N–H and O–H groups in total. The highest BCUT2D eigenvalue weighted by Crippen LogP contribution is 2.44. The summed E-state index contributed by atoms with van der Waals surface area (Å²) in [6.45, 7) is 0.519. The van der Waals surface area contributed by atoms with Crippen LogP contribution in [0.1, 0.15) is 40.2 Å². The van der Waals surface area contributed by atoms with Gasteiger partial charge in [-0.25, -0.2) is 4.79 Å². The van der Waals surface area contributed by atoms with E-state index in [-0.39, 0.29) is 18.4 Å². The van der Waals surface area contributed by atoms with E-state index in [1.807, 2.05) is 127 Å². The normalized spacial score (nSPS) is 16.5. The van der Waals surface area contributed by atoms with Gasteiger partial charge in [-0.2, -0.15) is 0 Å². The first kappa shape index (κ1) is 29.1. The molecule has 228 valence electrons. The minimum atomic E-state index is -1.08. The minimum absolute atomic E-state index is 0.0388. The molecule has 1 aliphatic heterocycles. The molecule has 0 spiro atoms. The van der Waals surface area contributed by atoms with Crippen molar-refractivity contribution in [1.82, 2.24) is 5.32 Å². The van der Waals surface area contributed by atoms with Gasteiger partial charge in [0.05, 0.1) is 0 Å². The number of hydrogen-bond acceptors (Lipinski definition) is 5. The second kappa shape index (κ2) is 13.2. The Balaban J connectivity index is 1.16. The SMILES string of the molecule is O=C(NC1CC=CCO/C1=N\OC(c1ccccc1)(c1ccccc1)c1ccccc1)OCC1c2ccccc2-c2ccccc21. The van der Waals surface area contributed by atoms with Gasteiger partial charge < -0.3 is 19.6 Å². The summed E-state index contributed by atoms with van der Waals surface area (Å²) in [7, 11) is 0. The highest BCUT2D eigenvalue weighted by molar-refractivity contribution is 5.86. The Kier molecular flexibility index (Phi) is 8.33. The van der Waals surface area contributed by atoms with Crippen LogP contribution in [0.15, 0.2) is 157 Å². The number of alkyl carbamates (subject to hydrolysis) is 1. The lowest BCUT2D eigenvalue weighted by atomic mass is 9.80. The van der Waals surface area contributed by atoms with E-state index in [1.54, 1.807) is 0 Å². The molecule has 1 unspecified atom stereocenters. The van der Waals surface area contributed by atoms with Gasteiger partial charge in [-0.05, 0) is 33.8 Å². The van der Waals surface area contributed by atoms with Gasteiger partial charge in [0.2, 0.25) is 11.5 Å². The summed E-state index contributed by atoms with van der Waals surface area (Å²) < 4.78 is 11.9. The number of nitrogens with one attached hydrogen (secondary N) is 1. The first-order valence-electron chi connectivity index (χ1n) is 15.6. The van der Waals surface area contributed by atoms with E-state index in [2.05, 4.69) is 34.7 Å². The molecular formula is C40H34N2O4. The zero-order valence-corrected chi connectivity index (χ0v) is 25.3. The second-order valence-corrected chi connectivity index (χ2v) is 11.3. The van der Waals surface area contributed by atoms with Gasteiger partial charge in [0.15, 0.2) is 0 Å². The van der Waals surface area contributed by atoms with Gasteiger partial charge >= 0.3 is 6.09 Å². The summed E-state index contributed by atoms with van der Waals surface area (Å²) in [6.07, 6.45) is 3.81. The summed E-state index contributed by atoms with van der Waals surface area (Å²) in [5, 5.41) is 7.65. The molecule has 0 saturated heterocycles. The number of rotatable bonds is 8. The van der Waals surface area contributed by atoms with Crippen molar-refractivity contribution in [3.63, 3.8) is 0 Å². The predicted octanol–water partition coefficient (Wildman–Crippen LogP) is 8.19. The molecule has 5 aromatic carbocycles. The maximum Gasteiger partial charge on any atom is 0.407 e. The Morgan fingerprint density at radius 3 is 1.74 bits per heavy atom. The Morgan fingerprint density at radius 1 is 0.696 bits per heavy atom. The van der Waals surface area contributed by atoms with Crippen LogP contribution in [0.2, 0.25) is 0 Å². The first-order valence-corrected chi connectivity index (χ1v) is 15.6. The van der Waals surface area contributed by atoms with E-state index in [4.69, 9.17) is 14.3 Å². The lowest BCUT2D eigenvalue weighted by Crippen LogP contribution is -2.42. The molecule has 46 heavy (non-hydrogen) atoms. The van der Waals surface area contributed by atoms with Crippen molar-refractivity contribution in [2.24, 2.45) is 5.16 Å². The third-order valence-electron chi connectivity index (χ3n) is 8.61. The van der Waals surface area contributed by atoms with Crippen LogP contribution in [0.4, 0.5) is 4.79 Å². The van der Waals surface area contributed by atoms with Gasteiger partial charge in [-0.1, -0.05) is 152 Å². The van der Waals surface area contributed by atoms with Crippen LogP contribution in [0.25, 0.3) is 11.1 Å². The fourth-order valence-electron chi connectivity index (χ4n) is 6.42. The molecular weight excluding hydrogens is 572 g/mol. The number of carbonyl (C=O) groups excluding carboxylic acids is 1. The Hall–Kier alpha value is -5.62. The lowest BCUT2D eigenvalue weighted by molar-refractivity contribution is 0.0112. The Labute approximate surface area is 269 Å². The van der Waals surface area contributed by atoms with Crippen LogP contribution in [0, 0.1) is 0 Å². The number of benzene rings is 5. The fourth-order valence-corrected chi connectivity index (χ4v) is 6.42. The summed E-state index contributed by atoms with van der Waals surface area (Å²) in [4.78, 5) is 20.0. The van der Waals surface area contributed by atoms with Crippen molar-refractivity contribution in [3.05, 3.63) is 179 Å². The average molecular weight is 607 g/mol. The third kappa shape index (κ3) is 5.66. The van der Waals surface area contributed by atoms with Gasteiger partial charge in [0.1, 0.15) is 19.3 Å². The molecule has 0 radical (unpaired) electrons. The molecule has 5 aromatic rings. The largest absolute Gasteiger partial charge is 0.473 e. The highest BCUT2D eigenvalue weighted by atomic mass is 16.7.